The number of unbranched alkanes of at least 4 members (excludes halogenated alkanes) is 1. The van der Waals surface area contributed by atoms with E-state index in [1.54, 1.807) is 24.3 Å². The molecule has 4 unspecified atom stereocenters. The van der Waals surface area contributed by atoms with Crippen LogP contribution in [0.3, 0.4) is 0 Å². The number of carbonyl (C=O) groups excluding carboxylic acids is 1. The second kappa shape index (κ2) is 17.9. The number of amides is 1. The van der Waals surface area contributed by atoms with Crippen LogP contribution in [-0.2, 0) is 32.2 Å². The molecule has 1 amide bonds. The van der Waals surface area contributed by atoms with Gasteiger partial charge in [-0.1, -0.05) is 78.9 Å². The number of benzene rings is 4. The number of nitrogens with one attached hydrogen (secondary N) is 1. The molecule has 4 aromatic carbocycles. The fourth-order valence-corrected chi connectivity index (χ4v) is 6.13. The van der Waals surface area contributed by atoms with Gasteiger partial charge >= 0.3 is 5.97 Å². The highest BCUT2D eigenvalue weighted by molar-refractivity contribution is 5.76. The third-order valence-corrected chi connectivity index (χ3v) is 8.85. The number of aliphatic hydroxyl groups is 2. The van der Waals surface area contributed by atoms with Crippen molar-refractivity contribution in [1.29, 1.82) is 0 Å². The molecule has 0 spiro atoms. The van der Waals surface area contributed by atoms with Gasteiger partial charge in [0.1, 0.15) is 5.75 Å². The maximum atomic E-state index is 12.2. The van der Waals surface area contributed by atoms with Gasteiger partial charge in [0.2, 0.25) is 5.91 Å². The van der Waals surface area contributed by atoms with E-state index >= 15 is 0 Å². The zero-order valence-electron chi connectivity index (χ0n) is 28.3. The number of carboxylic acids is 1. The van der Waals surface area contributed by atoms with Crippen molar-refractivity contribution in [3.63, 3.8) is 0 Å². The molecule has 0 aliphatic carbocycles. The molecule has 0 saturated carbocycles. The summed E-state index contributed by atoms with van der Waals surface area (Å²) < 4.78 is 13.0. The Bertz CT molecular complexity index is 1690. The average Bonchev–Trinajstić information content (AvgIpc) is 3.12. The molecule has 0 bridgehead atoms. The number of ether oxygens (including phenoxy) is 2. The van der Waals surface area contributed by atoms with Gasteiger partial charge in [-0.3, -0.25) is 9.59 Å². The van der Waals surface area contributed by atoms with Crippen LogP contribution in [-0.4, -0.2) is 63.4 Å². The molecule has 4 aromatic rings. The number of phenols is 1. The Morgan fingerprint density at radius 1 is 0.860 bits per heavy atom. The molecule has 264 valence electrons. The standard InChI is InChI=1S/C40H46N2O8/c1-42(25-36(45)33-8-5-9-34(44)21-33)24-35-22-37(30-14-12-27(26-43)13-15-30)50-40(49-35)31-18-16-29(17-19-31)32-7-4-6-28(20-32)23-41-38(46)10-2-3-11-39(47)48/h4-9,12-21,35-37,40,43-45H,2-3,10-11,22-26H2,1H3,(H,41,46)(H,47,48). The highest BCUT2D eigenvalue weighted by Crippen LogP contribution is 2.39. The fourth-order valence-electron chi connectivity index (χ4n) is 6.13. The van der Waals surface area contributed by atoms with E-state index in [2.05, 4.69) is 5.32 Å². The summed E-state index contributed by atoms with van der Waals surface area (Å²) in [6.07, 6.45) is 0.120. The van der Waals surface area contributed by atoms with Gasteiger partial charge in [0.05, 0.1) is 24.9 Å². The Balaban J connectivity index is 1.24. The summed E-state index contributed by atoms with van der Waals surface area (Å²) in [4.78, 5) is 24.9. The van der Waals surface area contributed by atoms with Crippen molar-refractivity contribution >= 4 is 11.9 Å². The van der Waals surface area contributed by atoms with Crippen LogP contribution in [0.4, 0.5) is 0 Å². The summed E-state index contributed by atoms with van der Waals surface area (Å²) in [5.74, 6) is -0.839. The molecule has 10 heteroatoms. The molecule has 5 N–H and O–H groups in total. The van der Waals surface area contributed by atoms with E-state index in [1.807, 2.05) is 84.7 Å². The molecule has 1 aliphatic heterocycles. The SMILES string of the molecule is CN(CC1CC(c2ccc(CO)cc2)OC(c2ccc(-c3cccc(CNC(=O)CCCCC(=O)O)c3)cc2)O1)CC(O)c1cccc(O)c1. The lowest BCUT2D eigenvalue weighted by atomic mass is 9.98. The number of aliphatic carboxylic acids is 1. The lowest BCUT2D eigenvalue weighted by Crippen LogP contribution is -2.39. The van der Waals surface area contributed by atoms with E-state index in [4.69, 9.17) is 14.6 Å². The van der Waals surface area contributed by atoms with Crippen molar-refractivity contribution < 1.29 is 39.5 Å². The summed E-state index contributed by atoms with van der Waals surface area (Å²) in [6.45, 7) is 1.25. The van der Waals surface area contributed by atoms with Crippen LogP contribution < -0.4 is 5.32 Å². The number of hydrogen-bond donors (Lipinski definition) is 5. The Labute approximate surface area is 292 Å². The maximum absolute atomic E-state index is 12.2. The van der Waals surface area contributed by atoms with Gasteiger partial charge < -0.3 is 40.1 Å². The molecule has 1 fully saturated rings. The van der Waals surface area contributed by atoms with Crippen molar-refractivity contribution in [2.45, 2.75) is 69.9 Å². The van der Waals surface area contributed by atoms with Gasteiger partial charge in [-0.15, -0.1) is 0 Å². The van der Waals surface area contributed by atoms with Crippen LogP contribution in [0.2, 0.25) is 0 Å². The number of rotatable bonds is 16. The minimum Gasteiger partial charge on any atom is -0.508 e. The normalized spacial score (nSPS) is 18.1. The van der Waals surface area contributed by atoms with Gasteiger partial charge in [-0.2, -0.15) is 0 Å². The van der Waals surface area contributed by atoms with Gasteiger partial charge in [0.25, 0.3) is 0 Å². The van der Waals surface area contributed by atoms with E-state index in [1.165, 1.54) is 0 Å². The minimum absolute atomic E-state index is 0.0352. The van der Waals surface area contributed by atoms with Crippen molar-refractivity contribution in [3.8, 4) is 16.9 Å². The first-order valence-corrected chi connectivity index (χ1v) is 17.0. The summed E-state index contributed by atoms with van der Waals surface area (Å²) in [7, 11) is 1.93. The molecule has 1 saturated heterocycles. The number of carboxylic acid groups (broad SMARTS) is 1. The molecule has 4 atom stereocenters. The van der Waals surface area contributed by atoms with Crippen LogP contribution in [0.15, 0.2) is 97.1 Å². The Morgan fingerprint density at radius 2 is 1.58 bits per heavy atom. The molecule has 50 heavy (non-hydrogen) atoms. The monoisotopic (exact) mass is 682 g/mol. The van der Waals surface area contributed by atoms with Crippen molar-refractivity contribution in [1.82, 2.24) is 10.2 Å². The van der Waals surface area contributed by atoms with Crippen molar-refractivity contribution in [3.05, 3.63) is 125 Å². The molecule has 1 heterocycles. The third-order valence-electron chi connectivity index (χ3n) is 8.85. The predicted octanol–water partition coefficient (Wildman–Crippen LogP) is 6.02. The van der Waals surface area contributed by atoms with Crippen molar-refractivity contribution in [2.24, 2.45) is 0 Å². The van der Waals surface area contributed by atoms with E-state index in [0.29, 0.717) is 50.9 Å². The quantitative estimate of drug-likeness (QED) is 0.0895. The first-order valence-electron chi connectivity index (χ1n) is 17.0. The summed E-state index contributed by atoms with van der Waals surface area (Å²) in [5.41, 5.74) is 6.28. The third kappa shape index (κ3) is 10.7. The number of phenolic OH excluding ortho intramolecular Hbond substituents is 1. The Morgan fingerprint density at radius 3 is 2.30 bits per heavy atom. The summed E-state index contributed by atoms with van der Waals surface area (Å²) >= 11 is 0. The predicted molar refractivity (Wildman–Crippen MR) is 189 cm³/mol. The summed E-state index contributed by atoms with van der Waals surface area (Å²) in [5, 5.41) is 41.9. The fraction of sp³-hybridized carbons (Fsp3) is 0.350. The minimum atomic E-state index is -0.851. The van der Waals surface area contributed by atoms with Gasteiger partial charge in [0, 0.05) is 44.5 Å². The highest BCUT2D eigenvalue weighted by atomic mass is 16.7. The maximum Gasteiger partial charge on any atom is 0.303 e. The second-order valence-corrected chi connectivity index (χ2v) is 12.9. The topological polar surface area (TPSA) is 149 Å². The van der Waals surface area contributed by atoms with Crippen LogP contribution in [0, 0.1) is 0 Å². The number of nitrogens with zero attached hydrogens (tertiary/aromatic N) is 1. The second-order valence-electron chi connectivity index (χ2n) is 12.9. The molecule has 5 rings (SSSR count). The average molecular weight is 683 g/mol. The smallest absolute Gasteiger partial charge is 0.303 e. The van der Waals surface area contributed by atoms with Crippen LogP contribution in [0.1, 0.15) is 78.4 Å². The zero-order valence-corrected chi connectivity index (χ0v) is 28.3. The molecular weight excluding hydrogens is 636 g/mol. The number of carbonyl (C=O) groups is 2. The first-order chi connectivity index (χ1) is 24.2. The Kier molecular flexibility index (Phi) is 13.1. The molecule has 0 radical (unpaired) electrons. The van der Waals surface area contributed by atoms with Crippen LogP contribution >= 0.6 is 0 Å². The Hall–Kier alpha value is -4.58. The number of aromatic hydroxyl groups is 1. The van der Waals surface area contributed by atoms with Gasteiger partial charge in [0.15, 0.2) is 6.29 Å². The lowest BCUT2D eigenvalue weighted by Gasteiger charge is -2.38. The summed E-state index contributed by atoms with van der Waals surface area (Å²) in [6, 6.07) is 30.4. The first kappa shape index (κ1) is 36.7. The zero-order chi connectivity index (χ0) is 35.5. The largest absolute Gasteiger partial charge is 0.508 e. The number of likely N-dealkylation sites (N-methyl/N-ethyl adjacent to an activating group) is 1. The van der Waals surface area contributed by atoms with Crippen molar-refractivity contribution in [2.75, 3.05) is 20.1 Å². The van der Waals surface area contributed by atoms with Crippen LogP contribution in [0.5, 0.6) is 5.75 Å². The lowest BCUT2D eigenvalue weighted by molar-refractivity contribution is -0.252. The van der Waals surface area contributed by atoms with Gasteiger partial charge in [-0.25, -0.2) is 0 Å². The molecule has 0 aromatic heterocycles. The van der Waals surface area contributed by atoms with E-state index in [0.717, 1.165) is 33.4 Å². The van der Waals surface area contributed by atoms with Crippen LogP contribution in [0.25, 0.3) is 11.1 Å². The molecular formula is C40H46N2O8. The molecule has 10 nitrogen and oxygen atoms in total. The molecule has 1 aliphatic rings. The van der Waals surface area contributed by atoms with E-state index in [-0.39, 0.29) is 36.9 Å². The van der Waals surface area contributed by atoms with E-state index in [9.17, 15) is 24.9 Å². The van der Waals surface area contributed by atoms with Gasteiger partial charge in [-0.05, 0) is 71.5 Å². The number of hydrogen-bond acceptors (Lipinski definition) is 8. The van der Waals surface area contributed by atoms with E-state index < -0.39 is 18.4 Å². The highest BCUT2D eigenvalue weighted by Gasteiger charge is 2.33. The number of aliphatic hydroxyl groups excluding tert-OH is 2.